The number of rotatable bonds is 9. The van der Waals surface area contributed by atoms with Gasteiger partial charge in [0.15, 0.2) is 0 Å². The van der Waals surface area contributed by atoms with Gasteiger partial charge in [0.05, 0.1) is 6.10 Å². The Bertz CT molecular complexity index is 418. The van der Waals surface area contributed by atoms with E-state index in [1.54, 1.807) is 0 Å². The molecule has 1 heteroatoms. The quantitative estimate of drug-likeness (QED) is 0.285. The van der Waals surface area contributed by atoms with Crippen LogP contribution in [0.2, 0.25) is 0 Å². The van der Waals surface area contributed by atoms with E-state index in [9.17, 15) is 0 Å². The molecule has 0 aromatic rings. The van der Waals surface area contributed by atoms with Crippen LogP contribution in [-0.2, 0) is 4.74 Å². The molecule has 3 aliphatic rings. The van der Waals surface area contributed by atoms with Crippen molar-refractivity contribution >= 4 is 0 Å². The first-order valence-corrected chi connectivity index (χ1v) is 13.0. The maximum Gasteiger partial charge on any atom is 0.0575 e. The fraction of sp³-hybridized carbons (Fsp3) is 0.926. The van der Waals surface area contributed by atoms with Crippen molar-refractivity contribution in [3.63, 3.8) is 0 Å². The third kappa shape index (κ3) is 7.19. The van der Waals surface area contributed by atoms with Gasteiger partial charge in [0.25, 0.3) is 0 Å². The molecule has 0 amide bonds. The first-order valence-electron chi connectivity index (χ1n) is 13.0. The summed E-state index contributed by atoms with van der Waals surface area (Å²) in [6.07, 6.45) is 28.2. The van der Waals surface area contributed by atoms with E-state index in [-0.39, 0.29) is 0 Å². The third-order valence-electron chi connectivity index (χ3n) is 8.42. The normalized spacial score (nSPS) is 37.4. The van der Waals surface area contributed by atoms with E-state index in [0.717, 1.165) is 36.2 Å². The Kier molecular flexibility index (Phi) is 9.92. The molecule has 0 heterocycles. The molecule has 0 N–H and O–H groups in total. The van der Waals surface area contributed by atoms with Crippen LogP contribution in [0, 0.1) is 29.6 Å². The van der Waals surface area contributed by atoms with Crippen molar-refractivity contribution in [2.24, 2.45) is 29.6 Å². The molecular formula is C27H48O. The summed E-state index contributed by atoms with van der Waals surface area (Å²) in [6, 6.07) is 0. The van der Waals surface area contributed by atoms with Crippen LogP contribution in [0.1, 0.15) is 117 Å². The largest absolute Gasteiger partial charge is 0.378 e. The van der Waals surface area contributed by atoms with Gasteiger partial charge in [-0.05, 0) is 114 Å². The summed E-state index contributed by atoms with van der Waals surface area (Å²) < 4.78 is 6.41. The first kappa shape index (κ1) is 22.4. The van der Waals surface area contributed by atoms with Gasteiger partial charge in [-0.25, -0.2) is 0 Å². The Hall–Kier alpha value is -0.300. The Balaban J connectivity index is 1.25. The summed E-state index contributed by atoms with van der Waals surface area (Å²) >= 11 is 0. The average molecular weight is 389 g/mol. The first-order chi connectivity index (χ1) is 13.8. The van der Waals surface area contributed by atoms with Crippen LogP contribution >= 0.6 is 0 Å². The van der Waals surface area contributed by atoms with Crippen LogP contribution in [0.3, 0.4) is 0 Å². The maximum absolute atomic E-state index is 6.41. The predicted molar refractivity (Wildman–Crippen MR) is 122 cm³/mol. The average Bonchev–Trinajstić information content (AvgIpc) is 2.75. The second kappa shape index (κ2) is 12.4. The van der Waals surface area contributed by atoms with Gasteiger partial charge in [-0.2, -0.15) is 0 Å². The molecule has 1 nitrogen and oxygen atoms in total. The van der Waals surface area contributed by atoms with Gasteiger partial charge in [-0.1, -0.05) is 44.8 Å². The van der Waals surface area contributed by atoms with E-state index in [0.29, 0.717) is 6.10 Å². The van der Waals surface area contributed by atoms with Crippen molar-refractivity contribution in [2.45, 2.75) is 123 Å². The molecule has 0 atom stereocenters. The van der Waals surface area contributed by atoms with Gasteiger partial charge in [0.2, 0.25) is 0 Å². The van der Waals surface area contributed by atoms with E-state index in [2.05, 4.69) is 26.0 Å². The lowest BCUT2D eigenvalue weighted by Crippen LogP contribution is -2.29. The van der Waals surface area contributed by atoms with E-state index >= 15 is 0 Å². The predicted octanol–water partition coefficient (Wildman–Crippen LogP) is 8.33. The highest BCUT2D eigenvalue weighted by molar-refractivity contribution is 4.90. The van der Waals surface area contributed by atoms with E-state index in [4.69, 9.17) is 4.74 Å². The zero-order chi connectivity index (χ0) is 19.6. The van der Waals surface area contributed by atoms with Crippen molar-refractivity contribution in [3.05, 3.63) is 12.2 Å². The summed E-state index contributed by atoms with van der Waals surface area (Å²) in [7, 11) is 0. The zero-order valence-corrected chi connectivity index (χ0v) is 19.0. The molecule has 0 aliphatic heterocycles. The topological polar surface area (TPSA) is 9.23 Å². The second-order valence-electron chi connectivity index (χ2n) is 10.5. The molecule has 3 fully saturated rings. The molecule has 0 bridgehead atoms. The lowest BCUT2D eigenvalue weighted by Gasteiger charge is -2.38. The molecule has 0 aromatic heterocycles. The molecular weight excluding hydrogens is 340 g/mol. The smallest absolute Gasteiger partial charge is 0.0575 e. The molecule has 162 valence electrons. The van der Waals surface area contributed by atoms with E-state index in [1.807, 2.05) is 0 Å². The Morgan fingerprint density at radius 1 is 0.714 bits per heavy atom. The summed E-state index contributed by atoms with van der Waals surface area (Å²) in [5, 5.41) is 0. The van der Waals surface area contributed by atoms with Crippen molar-refractivity contribution < 1.29 is 4.74 Å². The van der Waals surface area contributed by atoms with Crippen LogP contribution in [0.5, 0.6) is 0 Å². The molecule has 3 saturated carbocycles. The summed E-state index contributed by atoms with van der Waals surface area (Å²) in [5.74, 6) is 4.81. The highest BCUT2D eigenvalue weighted by Gasteiger charge is 2.31. The van der Waals surface area contributed by atoms with Crippen LogP contribution in [-0.4, -0.2) is 12.7 Å². The third-order valence-corrected chi connectivity index (χ3v) is 8.42. The molecule has 0 radical (unpaired) electrons. The second-order valence-corrected chi connectivity index (χ2v) is 10.5. The highest BCUT2D eigenvalue weighted by Crippen LogP contribution is 2.42. The molecule has 28 heavy (non-hydrogen) atoms. The summed E-state index contributed by atoms with van der Waals surface area (Å²) in [6.45, 7) is 5.55. The Labute approximate surface area is 176 Å². The summed E-state index contributed by atoms with van der Waals surface area (Å²) in [5.41, 5.74) is 0. The fourth-order valence-electron chi connectivity index (χ4n) is 6.45. The van der Waals surface area contributed by atoms with Gasteiger partial charge >= 0.3 is 0 Å². The molecule has 0 unspecified atom stereocenters. The van der Waals surface area contributed by atoms with Crippen LogP contribution < -0.4 is 0 Å². The van der Waals surface area contributed by atoms with Gasteiger partial charge < -0.3 is 4.74 Å². The number of unbranched alkanes of at least 4 members (excludes halogenated alkanes) is 2. The lowest BCUT2D eigenvalue weighted by atomic mass is 9.69. The SMILES string of the molecule is C/C=C\C1CCC(C2CCC(COC3CCC(CCCCC)CC3)CC2)CC1. The standard InChI is InChI=1S/C27H48O/c1-3-5-6-8-23-13-19-27(20-14-23)28-21-24-11-17-26(18-12-24)25-15-9-22(7-4-2)10-16-25/h4,7,22-27H,3,5-6,8-21H2,1-2H3/b7-4-. The number of hydrogen-bond donors (Lipinski definition) is 0. The Morgan fingerprint density at radius 2 is 1.32 bits per heavy atom. The molecule has 0 spiro atoms. The van der Waals surface area contributed by atoms with Crippen molar-refractivity contribution in [3.8, 4) is 0 Å². The van der Waals surface area contributed by atoms with Crippen LogP contribution in [0.25, 0.3) is 0 Å². The highest BCUT2D eigenvalue weighted by atomic mass is 16.5. The van der Waals surface area contributed by atoms with E-state index < -0.39 is 0 Å². The Morgan fingerprint density at radius 3 is 1.93 bits per heavy atom. The van der Waals surface area contributed by atoms with Gasteiger partial charge in [-0.15, -0.1) is 0 Å². The fourth-order valence-corrected chi connectivity index (χ4v) is 6.45. The minimum atomic E-state index is 0.585. The number of ether oxygens (including phenoxy) is 1. The van der Waals surface area contributed by atoms with Crippen molar-refractivity contribution in [1.82, 2.24) is 0 Å². The lowest BCUT2D eigenvalue weighted by molar-refractivity contribution is -0.0128. The number of allylic oxidation sites excluding steroid dienone is 2. The maximum atomic E-state index is 6.41. The van der Waals surface area contributed by atoms with Gasteiger partial charge in [-0.3, -0.25) is 0 Å². The molecule has 3 aliphatic carbocycles. The minimum Gasteiger partial charge on any atom is -0.378 e. The van der Waals surface area contributed by atoms with Crippen LogP contribution in [0.4, 0.5) is 0 Å². The molecule has 0 saturated heterocycles. The zero-order valence-electron chi connectivity index (χ0n) is 19.0. The van der Waals surface area contributed by atoms with Crippen molar-refractivity contribution in [2.75, 3.05) is 6.61 Å². The monoisotopic (exact) mass is 388 g/mol. The molecule has 0 aromatic carbocycles. The van der Waals surface area contributed by atoms with Gasteiger partial charge in [0.1, 0.15) is 0 Å². The van der Waals surface area contributed by atoms with Gasteiger partial charge in [0, 0.05) is 6.61 Å². The van der Waals surface area contributed by atoms with Crippen LogP contribution in [0.15, 0.2) is 12.2 Å². The van der Waals surface area contributed by atoms with E-state index in [1.165, 1.54) is 103 Å². The van der Waals surface area contributed by atoms with Crippen molar-refractivity contribution in [1.29, 1.82) is 0 Å². The minimum absolute atomic E-state index is 0.585. The number of hydrogen-bond acceptors (Lipinski definition) is 1. The summed E-state index contributed by atoms with van der Waals surface area (Å²) in [4.78, 5) is 0. The molecule has 3 rings (SSSR count).